The lowest BCUT2D eigenvalue weighted by molar-refractivity contribution is 0.344. The normalized spacial score (nSPS) is 15.1. The monoisotopic (exact) mass is 252 g/mol. The van der Waals surface area contributed by atoms with Crippen LogP contribution in [0.4, 0.5) is 0 Å². The molecular formula is C18H36. The molecule has 0 nitrogen and oxygen atoms in total. The number of hydrogen-bond acceptors (Lipinski definition) is 0. The van der Waals surface area contributed by atoms with Gasteiger partial charge in [-0.15, -0.1) is 0 Å². The predicted octanol–water partition coefficient (Wildman–Crippen LogP) is 6.76. The molecule has 0 aromatic heterocycles. The lowest BCUT2D eigenvalue weighted by Crippen LogP contribution is -2.06. The van der Waals surface area contributed by atoms with Crippen molar-refractivity contribution >= 4 is 0 Å². The molecule has 2 unspecified atom stereocenters. The first-order valence-electron chi connectivity index (χ1n) is 8.39. The average molecular weight is 252 g/mol. The van der Waals surface area contributed by atoms with E-state index in [1.165, 1.54) is 64.2 Å². The first kappa shape index (κ1) is 17.7. The number of rotatable bonds is 12. The molecular weight excluding hydrogens is 216 g/mol. The maximum atomic E-state index is 2.45. The Bertz CT molecular complexity index is 180. The van der Waals surface area contributed by atoms with Gasteiger partial charge in [0.1, 0.15) is 0 Å². The summed E-state index contributed by atoms with van der Waals surface area (Å²) in [6.45, 7) is 9.31. The Kier molecular flexibility index (Phi) is 13.0. The fourth-order valence-corrected chi connectivity index (χ4v) is 2.64. The molecule has 0 spiro atoms. The Balaban J connectivity index is 3.96. The Hall–Kier alpha value is -0.260. The van der Waals surface area contributed by atoms with Crippen molar-refractivity contribution in [1.29, 1.82) is 0 Å². The highest BCUT2D eigenvalue weighted by atomic mass is 14.2. The molecule has 0 aliphatic carbocycles. The van der Waals surface area contributed by atoms with Crippen LogP contribution >= 0.6 is 0 Å². The SMILES string of the molecule is CCC/C=C/CC(CCCC)CC(C)CCCC. The summed E-state index contributed by atoms with van der Waals surface area (Å²) in [5.74, 6) is 1.86. The van der Waals surface area contributed by atoms with Gasteiger partial charge < -0.3 is 0 Å². The van der Waals surface area contributed by atoms with E-state index in [1.807, 2.05) is 0 Å². The maximum absolute atomic E-state index is 2.45. The zero-order valence-electron chi connectivity index (χ0n) is 13.4. The van der Waals surface area contributed by atoms with Gasteiger partial charge in [0.25, 0.3) is 0 Å². The summed E-state index contributed by atoms with van der Waals surface area (Å²) in [4.78, 5) is 0. The van der Waals surface area contributed by atoms with Crippen molar-refractivity contribution in [2.24, 2.45) is 11.8 Å². The molecule has 108 valence electrons. The summed E-state index contributed by atoms with van der Waals surface area (Å²) < 4.78 is 0. The van der Waals surface area contributed by atoms with Crippen molar-refractivity contribution < 1.29 is 0 Å². The van der Waals surface area contributed by atoms with Crippen LogP contribution in [0.1, 0.15) is 91.9 Å². The van der Waals surface area contributed by atoms with Crippen LogP contribution in [0.15, 0.2) is 12.2 Å². The van der Waals surface area contributed by atoms with Crippen LogP contribution in [0.25, 0.3) is 0 Å². The van der Waals surface area contributed by atoms with Crippen molar-refractivity contribution in [3.05, 3.63) is 12.2 Å². The fourth-order valence-electron chi connectivity index (χ4n) is 2.64. The molecule has 0 aliphatic heterocycles. The van der Waals surface area contributed by atoms with E-state index in [0.717, 1.165) is 11.8 Å². The van der Waals surface area contributed by atoms with Gasteiger partial charge in [0.05, 0.1) is 0 Å². The van der Waals surface area contributed by atoms with Crippen molar-refractivity contribution in [3.63, 3.8) is 0 Å². The third-order valence-electron chi connectivity index (χ3n) is 3.84. The number of allylic oxidation sites excluding steroid dienone is 2. The minimum atomic E-state index is 0.923. The molecule has 2 atom stereocenters. The molecule has 0 saturated heterocycles. The van der Waals surface area contributed by atoms with E-state index in [-0.39, 0.29) is 0 Å². The maximum Gasteiger partial charge on any atom is -0.0322 e. The van der Waals surface area contributed by atoms with Crippen molar-refractivity contribution in [1.82, 2.24) is 0 Å². The molecule has 0 bridgehead atoms. The molecule has 0 saturated carbocycles. The van der Waals surface area contributed by atoms with Crippen LogP contribution < -0.4 is 0 Å². The summed E-state index contributed by atoms with van der Waals surface area (Å²) in [6.07, 6.45) is 18.5. The predicted molar refractivity (Wildman–Crippen MR) is 85.0 cm³/mol. The Morgan fingerprint density at radius 2 is 1.50 bits per heavy atom. The molecule has 0 rings (SSSR count). The third-order valence-corrected chi connectivity index (χ3v) is 3.84. The van der Waals surface area contributed by atoms with Crippen molar-refractivity contribution in [2.75, 3.05) is 0 Å². The zero-order valence-corrected chi connectivity index (χ0v) is 13.4. The van der Waals surface area contributed by atoms with Crippen LogP contribution in [0.2, 0.25) is 0 Å². The summed E-state index contributed by atoms with van der Waals surface area (Å²) in [5, 5.41) is 0. The smallest absolute Gasteiger partial charge is 0.0322 e. The van der Waals surface area contributed by atoms with Crippen molar-refractivity contribution in [2.45, 2.75) is 91.9 Å². The minimum absolute atomic E-state index is 0.923. The Labute approximate surface area is 116 Å². The lowest BCUT2D eigenvalue weighted by atomic mass is 9.86. The summed E-state index contributed by atoms with van der Waals surface area (Å²) in [7, 11) is 0. The molecule has 0 heterocycles. The van der Waals surface area contributed by atoms with Crippen LogP contribution in [0.5, 0.6) is 0 Å². The average Bonchev–Trinajstić information content (AvgIpc) is 2.38. The molecule has 0 aromatic carbocycles. The van der Waals surface area contributed by atoms with Gasteiger partial charge in [-0.3, -0.25) is 0 Å². The van der Waals surface area contributed by atoms with Crippen LogP contribution in [-0.4, -0.2) is 0 Å². The van der Waals surface area contributed by atoms with E-state index in [9.17, 15) is 0 Å². The third kappa shape index (κ3) is 10.9. The zero-order chi connectivity index (χ0) is 13.6. The highest BCUT2D eigenvalue weighted by Crippen LogP contribution is 2.25. The molecule has 0 radical (unpaired) electrons. The lowest BCUT2D eigenvalue weighted by Gasteiger charge is -2.19. The summed E-state index contributed by atoms with van der Waals surface area (Å²) in [5.41, 5.74) is 0. The van der Waals surface area contributed by atoms with E-state index in [0.29, 0.717) is 0 Å². The van der Waals surface area contributed by atoms with E-state index in [1.54, 1.807) is 0 Å². The number of hydrogen-bond donors (Lipinski definition) is 0. The van der Waals surface area contributed by atoms with Crippen molar-refractivity contribution in [3.8, 4) is 0 Å². The Morgan fingerprint density at radius 1 is 0.833 bits per heavy atom. The highest BCUT2D eigenvalue weighted by Gasteiger charge is 2.11. The molecule has 0 amide bonds. The van der Waals surface area contributed by atoms with E-state index in [2.05, 4.69) is 39.8 Å². The standard InChI is InChI=1S/C18H36/c1-5-8-11-12-15-18(14-10-7-3)16-17(4)13-9-6-2/h11-12,17-18H,5-10,13-16H2,1-4H3/b12-11+. The van der Waals surface area contributed by atoms with Gasteiger partial charge in [-0.2, -0.15) is 0 Å². The quantitative estimate of drug-likeness (QED) is 0.337. The van der Waals surface area contributed by atoms with Gasteiger partial charge in [-0.25, -0.2) is 0 Å². The molecule has 0 N–H and O–H groups in total. The molecule has 18 heavy (non-hydrogen) atoms. The van der Waals surface area contributed by atoms with Gasteiger partial charge in [-0.05, 0) is 31.1 Å². The fraction of sp³-hybridized carbons (Fsp3) is 0.889. The van der Waals surface area contributed by atoms with Crippen LogP contribution in [0, 0.1) is 11.8 Å². The van der Waals surface area contributed by atoms with E-state index in [4.69, 9.17) is 0 Å². The van der Waals surface area contributed by atoms with E-state index < -0.39 is 0 Å². The summed E-state index contributed by atoms with van der Waals surface area (Å²) in [6, 6.07) is 0. The van der Waals surface area contributed by atoms with Crippen LogP contribution in [-0.2, 0) is 0 Å². The molecule has 0 aromatic rings. The molecule has 0 heteroatoms. The van der Waals surface area contributed by atoms with Crippen LogP contribution in [0.3, 0.4) is 0 Å². The van der Waals surface area contributed by atoms with Gasteiger partial charge in [0, 0.05) is 0 Å². The first-order valence-corrected chi connectivity index (χ1v) is 8.39. The number of unbranched alkanes of at least 4 members (excludes halogenated alkanes) is 3. The first-order chi connectivity index (χ1) is 8.74. The topological polar surface area (TPSA) is 0 Å². The second-order valence-corrected chi connectivity index (χ2v) is 5.99. The second kappa shape index (κ2) is 13.2. The Morgan fingerprint density at radius 3 is 2.11 bits per heavy atom. The second-order valence-electron chi connectivity index (χ2n) is 5.99. The summed E-state index contributed by atoms with van der Waals surface area (Å²) >= 11 is 0. The largest absolute Gasteiger partial charge is 0.0885 e. The van der Waals surface area contributed by atoms with Gasteiger partial charge in [0.2, 0.25) is 0 Å². The van der Waals surface area contributed by atoms with E-state index >= 15 is 0 Å². The van der Waals surface area contributed by atoms with Gasteiger partial charge >= 0.3 is 0 Å². The molecule has 0 aliphatic rings. The molecule has 0 fully saturated rings. The van der Waals surface area contributed by atoms with Gasteiger partial charge in [-0.1, -0.05) is 84.8 Å². The van der Waals surface area contributed by atoms with Gasteiger partial charge in [0.15, 0.2) is 0 Å². The minimum Gasteiger partial charge on any atom is -0.0885 e. The highest BCUT2D eigenvalue weighted by molar-refractivity contribution is 4.84.